The summed E-state index contributed by atoms with van der Waals surface area (Å²) < 4.78 is 5.80. The van der Waals surface area contributed by atoms with Crippen LogP contribution in [-0.2, 0) is 11.2 Å². The highest BCUT2D eigenvalue weighted by Gasteiger charge is 2.23. The van der Waals surface area contributed by atoms with Gasteiger partial charge >= 0.3 is 0 Å². The van der Waals surface area contributed by atoms with Crippen molar-refractivity contribution in [1.29, 1.82) is 0 Å². The van der Waals surface area contributed by atoms with Crippen molar-refractivity contribution in [3.8, 4) is 5.75 Å². The van der Waals surface area contributed by atoms with Crippen molar-refractivity contribution in [3.63, 3.8) is 0 Å². The van der Waals surface area contributed by atoms with Crippen LogP contribution in [0, 0.1) is 0 Å². The Morgan fingerprint density at radius 1 is 1.42 bits per heavy atom. The van der Waals surface area contributed by atoms with Crippen LogP contribution in [0.4, 0.5) is 0 Å². The lowest BCUT2D eigenvalue weighted by molar-refractivity contribution is -0.121. The van der Waals surface area contributed by atoms with Gasteiger partial charge in [-0.25, -0.2) is 0 Å². The maximum Gasteiger partial charge on any atom is 0.221 e. The van der Waals surface area contributed by atoms with Crippen molar-refractivity contribution >= 4 is 5.91 Å². The van der Waals surface area contributed by atoms with Gasteiger partial charge in [0, 0.05) is 18.9 Å². The van der Waals surface area contributed by atoms with Crippen LogP contribution >= 0.6 is 0 Å². The van der Waals surface area contributed by atoms with Gasteiger partial charge in [0.1, 0.15) is 11.9 Å². The SMILES string of the molecule is O=C(CC1CCCN1)NCC1Cc2ccccc2O1. The van der Waals surface area contributed by atoms with E-state index in [2.05, 4.69) is 16.7 Å². The number of carbonyl (C=O) groups excluding carboxylic acids is 1. The second-order valence-electron chi connectivity index (χ2n) is 5.35. The summed E-state index contributed by atoms with van der Waals surface area (Å²) >= 11 is 0. The summed E-state index contributed by atoms with van der Waals surface area (Å²) in [7, 11) is 0. The molecule has 0 spiro atoms. The molecule has 0 bridgehead atoms. The molecule has 2 atom stereocenters. The topological polar surface area (TPSA) is 50.4 Å². The van der Waals surface area contributed by atoms with Crippen LogP contribution in [0.3, 0.4) is 0 Å². The third-order valence-corrected chi connectivity index (χ3v) is 3.83. The number of nitrogens with one attached hydrogen (secondary N) is 2. The number of para-hydroxylation sites is 1. The standard InChI is InChI=1S/C15H20N2O2/c18-15(9-12-5-3-7-16-12)17-10-13-8-11-4-1-2-6-14(11)19-13/h1-2,4,6,12-13,16H,3,5,7-10H2,(H,17,18). The van der Waals surface area contributed by atoms with E-state index >= 15 is 0 Å². The van der Waals surface area contributed by atoms with E-state index in [4.69, 9.17) is 4.74 Å². The van der Waals surface area contributed by atoms with Crippen LogP contribution in [0.1, 0.15) is 24.8 Å². The van der Waals surface area contributed by atoms with E-state index in [1.165, 1.54) is 12.0 Å². The number of fused-ring (bicyclic) bond motifs is 1. The van der Waals surface area contributed by atoms with Gasteiger partial charge in [0.25, 0.3) is 0 Å². The number of carbonyl (C=O) groups is 1. The van der Waals surface area contributed by atoms with E-state index in [1.54, 1.807) is 0 Å². The summed E-state index contributed by atoms with van der Waals surface area (Å²) in [6.45, 7) is 1.64. The first-order valence-corrected chi connectivity index (χ1v) is 7.06. The van der Waals surface area contributed by atoms with Crippen LogP contribution < -0.4 is 15.4 Å². The Hall–Kier alpha value is -1.55. The highest BCUT2D eigenvalue weighted by Crippen LogP contribution is 2.27. The molecule has 4 nitrogen and oxygen atoms in total. The molecule has 2 N–H and O–H groups in total. The lowest BCUT2D eigenvalue weighted by Gasteiger charge is -2.14. The van der Waals surface area contributed by atoms with Crippen molar-refractivity contribution in [1.82, 2.24) is 10.6 Å². The van der Waals surface area contributed by atoms with E-state index in [9.17, 15) is 4.79 Å². The fourth-order valence-corrected chi connectivity index (χ4v) is 2.82. The molecule has 2 unspecified atom stereocenters. The summed E-state index contributed by atoms with van der Waals surface area (Å²) in [5.74, 6) is 1.08. The first kappa shape index (κ1) is 12.5. The summed E-state index contributed by atoms with van der Waals surface area (Å²) in [4.78, 5) is 11.8. The fourth-order valence-electron chi connectivity index (χ4n) is 2.82. The molecule has 3 rings (SSSR count). The van der Waals surface area contributed by atoms with Crippen molar-refractivity contribution in [3.05, 3.63) is 29.8 Å². The van der Waals surface area contributed by atoms with Gasteiger partial charge < -0.3 is 15.4 Å². The Morgan fingerprint density at radius 2 is 2.32 bits per heavy atom. The molecule has 1 aromatic carbocycles. The molecule has 1 aromatic rings. The van der Waals surface area contributed by atoms with Gasteiger partial charge in [-0.15, -0.1) is 0 Å². The van der Waals surface area contributed by atoms with Gasteiger partial charge in [0.15, 0.2) is 0 Å². The Kier molecular flexibility index (Phi) is 3.69. The van der Waals surface area contributed by atoms with E-state index in [1.807, 2.05) is 18.2 Å². The molecule has 19 heavy (non-hydrogen) atoms. The van der Waals surface area contributed by atoms with Crippen LogP contribution in [0.25, 0.3) is 0 Å². The van der Waals surface area contributed by atoms with Gasteiger partial charge in [-0.3, -0.25) is 4.79 Å². The first-order valence-electron chi connectivity index (χ1n) is 7.06. The Balaban J connectivity index is 1.42. The number of benzene rings is 1. The molecule has 0 aromatic heterocycles. The van der Waals surface area contributed by atoms with Crippen molar-refractivity contribution in [2.45, 2.75) is 37.8 Å². The zero-order valence-electron chi connectivity index (χ0n) is 11.0. The number of hydrogen-bond acceptors (Lipinski definition) is 3. The van der Waals surface area contributed by atoms with Gasteiger partial charge in [-0.05, 0) is 31.0 Å². The molecule has 2 heterocycles. The quantitative estimate of drug-likeness (QED) is 0.856. The van der Waals surface area contributed by atoms with Crippen molar-refractivity contribution in [2.75, 3.05) is 13.1 Å². The predicted molar refractivity (Wildman–Crippen MR) is 73.2 cm³/mol. The molecule has 4 heteroatoms. The highest BCUT2D eigenvalue weighted by atomic mass is 16.5. The zero-order valence-corrected chi connectivity index (χ0v) is 11.0. The van der Waals surface area contributed by atoms with E-state index in [0.29, 0.717) is 19.0 Å². The maximum absolute atomic E-state index is 11.8. The minimum absolute atomic E-state index is 0.0814. The van der Waals surface area contributed by atoms with E-state index in [-0.39, 0.29) is 12.0 Å². The predicted octanol–water partition coefficient (Wildman–Crippen LogP) is 1.25. The summed E-state index contributed by atoms with van der Waals surface area (Å²) in [6.07, 6.45) is 3.84. The molecule has 102 valence electrons. The lowest BCUT2D eigenvalue weighted by atomic mass is 10.1. The first-order chi connectivity index (χ1) is 9.31. The highest BCUT2D eigenvalue weighted by molar-refractivity contribution is 5.76. The second-order valence-corrected chi connectivity index (χ2v) is 5.35. The molecular weight excluding hydrogens is 240 g/mol. The molecule has 0 saturated carbocycles. The number of hydrogen-bond donors (Lipinski definition) is 2. The van der Waals surface area contributed by atoms with Gasteiger partial charge in [0.05, 0.1) is 6.54 Å². The number of amides is 1. The van der Waals surface area contributed by atoms with Gasteiger partial charge in [-0.2, -0.15) is 0 Å². The molecule has 1 saturated heterocycles. The largest absolute Gasteiger partial charge is 0.488 e. The Morgan fingerprint density at radius 3 is 3.11 bits per heavy atom. The molecule has 1 fully saturated rings. The summed E-state index contributed by atoms with van der Waals surface area (Å²) in [5, 5.41) is 6.32. The summed E-state index contributed by atoms with van der Waals surface area (Å²) in [5.41, 5.74) is 1.24. The number of ether oxygens (including phenoxy) is 1. The molecule has 0 radical (unpaired) electrons. The van der Waals surface area contributed by atoms with Crippen LogP contribution in [-0.4, -0.2) is 31.1 Å². The van der Waals surface area contributed by atoms with Crippen molar-refractivity contribution in [2.24, 2.45) is 0 Å². The van der Waals surface area contributed by atoms with Gasteiger partial charge in [0.2, 0.25) is 5.91 Å². The average molecular weight is 260 g/mol. The average Bonchev–Trinajstić information content (AvgIpc) is 3.04. The smallest absolute Gasteiger partial charge is 0.221 e. The minimum atomic E-state index is 0.0814. The fraction of sp³-hybridized carbons (Fsp3) is 0.533. The van der Waals surface area contributed by atoms with Crippen molar-refractivity contribution < 1.29 is 9.53 Å². The molecule has 1 amide bonds. The maximum atomic E-state index is 11.8. The van der Waals surface area contributed by atoms with Crippen LogP contribution in [0.5, 0.6) is 5.75 Å². The Bertz CT molecular complexity index is 430. The Labute approximate surface area is 113 Å². The van der Waals surface area contributed by atoms with Gasteiger partial charge in [-0.1, -0.05) is 18.2 Å². The van der Waals surface area contributed by atoms with Crippen LogP contribution in [0.15, 0.2) is 24.3 Å². The van der Waals surface area contributed by atoms with E-state index in [0.717, 1.165) is 25.1 Å². The van der Waals surface area contributed by atoms with Crippen LogP contribution in [0.2, 0.25) is 0 Å². The van der Waals surface area contributed by atoms with E-state index < -0.39 is 0 Å². The molecule has 0 aliphatic carbocycles. The second kappa shape index (κ2) is 5.61. The lowest BCUT2D eigenvalue weighted by Crippen LogP contribution is -2.37. The normalized spacial score (nSPS) is 24.8. The third kappa shape index (κ3) is 3.07. The monoisotopic (exact) mass is 260 g/mol. The molecule has 2 aliphatic rings. The molecular formula is C15H20N2O2. The summed E-state index contributed by atoms with van der Waals surface area (Å²) in [6, 6.07) is 8.43. The third-order valence-electron chi connectivity index (χ3n) is 3.83. The molecule has 2 aliphatic heterocycles. The number of rotatable bonds is 4. The zero-order chi connectivity index (χ0) is 13.1. The minimum Gasteiger partial charge on any atom is -0.488 e.